The van der Waals surface area contributed by atoms with Crippen LogP contribution >= 0.6 is 12.2 Å². The first-order valence-corrected chi connectivity index (χ1v) is 4.23. The van der Waals surface area contributed by atoms with E-state index in [9.17, 15) is 9.59 Å². The summed E-state index contributed by atoms with van der Waals surface area (Å²) < 4.78 is 0.287. The zero-order valence-corrected chi connectivity index (χ0v) is 8.25. The molecule has 1 aromatic rings. The van der Waals surface area contributed by atoms with Gasteiger partial charge in [0.15, 0.2) is 4.77 Å². The summed E-state index contributed by atoms with van der Waals surface area (Å²) in [6, 6.07) is 0. The third-order valence-corrected chi connectivity index (χ3v) is 1.88. The highest BCUT2D eigenvalue weighted by Crippen LogP contribution is 1.98. The molecule has 2 N–H and O–H groups in total. The fraction of sp³-hybridized carbons (Fsp3) is 0.375. The monoisotopic (exact) mass is 198 g/mol. The van der Waals surface area contributed by atoms with E-state index in [4.69, 9.17) is 12.2 Å². The number of Topliss-reactive ketones (excluding diaryl/α,β-unsaturated/α-hetero) is 1. The lowest BCUT2D eigenvalue weighted by Gasteiger charge is -2.00. The number of hydrogen-bond acceptors (Lipinski definition) is 3. The molecule has 13 heavy (non-hydrogen) atoms. The lowest BCUT2D eigenvalue weighted by atomic mass is 10.1. The van der Waals surface area contributed by atoms with Gasteiger partial charge in [-0.1, -0.05) is 0 Å². The second kappa shape index (κ2) is 3.66. The number of aromatic nitrogens is 2. The molecule has 0 atom stereocenters. The fourth-order valence-corrected chi connectivity index (χ4v) is 1.33. The smallest absolute Gasteiger partial charge is 0.255 e. The van der Waals surface area contributed by atoms with Crippen molar-refractivity contribution in [1.29, 1.82) is 0 Å². The van der Waals surface area contributed by atoms with Gasteiger partial charge in [-0.2, -0.15) is 0 Å². The molecule has 0 amide bonds. The molecule has 1 aromatic heterocycles. The van der Waals surface area contributed by atoms with Crippen molar-refractivity contribution >= 4 is 18.0 Å². The predicted molar refractivity (Wildman–Crippen MR) is 51.4 cm³/mol. The Labute approximate surface area is 80.0 Å². The summed E-state index contributed by atoms with van der Waals surface area (Å²) in [7, 11) is 0. The zero-order valence-electron chi connectivity index (χ0n) is 7.43. The molecule has 0 aliphatic rings. The maximum Gasteiger partial charge on any atom is 0.255 e. The van der Waals surface area contributed by atoms with Crippen LogP contribution < -0.4 is 5.56 Å². The van der Waals surface area contributed by atoms with Gasteiger partial charge in [0.25, 0.3) is 5.56 Å². The summed E-state index contributed by atoms with van der Waals surface area (Å²) in [4.78, 5) is 27.3. The second-order valence-corrected chi connectivity index (χ2v) is 3.30. The van der Waals surface area contributed by atoms with E-state index < -0.39 is 0 Å². The molecule has 0 unspecified atom stereocenters. The van der Waals surface area contributed by atoms with E-state index in [0.717, 1.165) is 0 Å². The van der Waals surface area contributed by atoms with Crippen molar-refractivity contribution in [2.24, 2.45) is 0 Å². The van der Waals surface area contributed by atoms with Crippen LogP contribution in [0.15, 0.2) is 4.79 Å². The predicted octanol–water partition coefficient (Wildman–Crippen LogP) is 0.872. The van der Waals surface area contributed by atoms with E-state index in [2.05, 4.69) is 9.97 Å². The molecule has 4 nitrogen and oxygen atoms in total. The fourth-order valence-electron chi connectivity index (χ4n) is 1.09. The minimum Gasteiger partial charge on any atom is -0.336 e. The van der Waals surface area contributed by atoms with Gasteiger partial charge in [0.1, 0.15) is 5.78 Å². The molecule has 1 rings (SSSR count). The summed E-state index contributed by atoms with van der Waals surface area (Å²) in [6.07, 6.45) is 0.146. The van der Waals surface area contributed by atoms with E-state index >= 15 is 0 Å². The molecule has 70 valence electrons. The molecule has 0 bridgehead atoms. The average molecular weight is 198 g/mol. The normalized spacial score (nSPS) is 10.0. The first kappa shape index (κ1) is 9.85. The Morgan fingerprint density at radius 1 is 1.46 bits per heavy atom. The van der Waals surface area contributed by atoms with Crippen LogP contribution in [0.5, 0.6) is 0 Å². The Morgan fingerprint density at radius 3 is 2.54 bits per heavy atom. The molecule has 0 radical (unpaired) electrons. The average Bonchev–Trinajstić information content (AvgIpc) is 1.96. The van der Waals surface area contributed by atoms with Gasteiger partial charge in [0.2, 0.25) is 0 Å². The van der Waals surface area contributed by atoms with E-state index in [-0.39, 0.29) is 22.5 Å². The van der Waals surface area contributed by atoms with Crippen LogP contribution in [0.3, 0.4) is 0 Å². The topological polar surface area (TPSA) is 65.7 Å². The molecule has 0 saturated heterocycles. The summed E-state index contributed by atoms with van der Waals surface area (Å²) in [5, 5.41) is 0. The SMILES string of the molecule is CC(=O)Cc1c(C)[nH]c(=S)[nH]c1=O. The van der Waals surface area contributed by atoms with Crippen LogP contribution in [-0.4, -0.2) is 15.8 Å². The van der Waals surface area contributed by atoms with Gasteiger partial charge in [-0.15, -0.1) is 0 Å². The van der Waals surface area contributed by atoms with Crippen molar-refractivity contribution in [2.45, 2.75) is 20.3 Å². The highest BCUT2D eigenvalue weighted by atomic mass is 32.1. The highest BCUT2D eigenvalue weighted by molar-refractivity contribution is 7.71. The van der Waals surface area contributed by atoms with Crippen molar-refractivity contribution in [2.75, 3.05) is 0 Å². The van der Waals surface area contributed by atoms with Crippen molar-refractivity contribution in [3.8, 4) is 0 Å². The van der Waals surface area contributed by atoms with Gasteiger partial charge in [-0.3, -0.25) is 14.6 Å². The van der Waals surface area contributed by atoms with E-state index in [1.807, 2.05) is 0 Å². The van der Waals surface area contributed by atoms with Crippen LogP contribution in [0.1, 0.15) is 18.2 Å². The standard InChI is InChI=1S/C8H10N2O2S/c1-4(11)3-6-5(2)9-8(13)10-7(6)12/h3H2,1-2H3,(H2,9,10,12,13). The number of rotatable bonds is 2. The summed E-state index contributed by atoms with van der Waals surface area (Å²) in [5.74, 6) is -0.0425. The lowest BCUT2D eigenvalue weighted by molar-refractivity contribution is -0.116. The molecule has 0 saturated carbocycles. The highest BCUT2D eigenvalue weighted by Gasteiger charge is 2.06. The third kappa shape index (κ3) is 2.35. The van der Waals surface area contributed by atoms with Crippen molar-refractivity contribution in [3.63, 3.8) is 0 Å². The first-order valence-electron chi connectivity index (χ1n) is 3.82. The maximum absolute atomic E-state index is 11.3. The number of nitrogens with one attached hydrogen (secondary N) is 2. The number of carbonyl (C=O) groups excluding carboxylic acids is 1. The van der Waals surface area contributed by atoms with Gasteiger partial charge in [-0.25, -0.2) is 0 Å². The summed E-state index contributed by atoms with van der Waals surface area (Å²) in [5.41, 5.74) is 0.835. The lowest BCUT2D eigenvalue weighted by Crippen LogP contribution is -2.18. The van der Waals surface area contributed by atoms with Gasteiger partial charge in [-0.05, 0) is 26.1 Å². The van der Waals surface area contributed by atoms with Crippen LogP contribution in [0.25, 0.3) is 0 Å². The number of ketones is 1. The van der Waals surface area contributed by atoms with E-state index in [0.29, 0.717) is 11.3 Å². The largest absolute Gasteiger partial charge is 0.336 e. The molecule has 0 aliphatic carbocycles. The molecule has 1 heterocycles. The van der Waals surface area contributed by atoms with Gasteiger partial charge >= 0.3 is 0 Å². The zero-order chi connectivity index (χ0) is 10.0. The van der Waals surface area contributed by atoms with E-state index in [1.165, 1.54) is 6.92 Å². The molecule has 5 heteroatoms. The van der Waals surface area contributed by atoms with Gasteiger partial charge in [0, 0.05) is 17.7 Å². The maximum atomic E-state index is 11.3. The Morgan fingerprint density at radius 2 is 2.08 bits per heavy atom. The summed E-state index contributed by atoms with van der Waals surface area (Å²) >= 11 is 4.76. The Bertz CT molecular complexity index is 444. The molecular weight excluding hydrogens is 188 g/mol. The number of aromatic amines is 2. The van der Waals surface area contributed by atoms with Crippen molar-refractivity contribution < 1.29 is 4.79 Å². The number of carbonyl (C=O) groups is 1. The minimum absolute atomic E-state index is 0.0425. The molecule has 0 aliphatic heterocycles. The number of H-pyrrole nitrogens is 2. The molecule has 0 fully saturated rings. The quantitative estimate of drug-likeness (QED) is 0.693. The van der Waals surface area contributed by atoms with Crippen LogP contribution in [0.2, 0.25) is 0 Å². The Kier molecular flexibility index (Phi) is 2.77. The second-order valence-electron chi connectivity index (χ2n) is 2.89. The van der Waals surface area contributed by atoms with Gasteiger partial charge < -0.3 is 4.98 Å². The van der Waals surface area contributed by atoms with Crippen molar-refractivity contribution in [3.05, 3.63) is 26.4 Å². The third-order valence-electron chi connectivity index (χ3n) is 1.68. The Hall–Kier alpha value is -1.23. The molecular formula is C8H10N2O2S. The van der Waals surface area contributed by atoms with Crippen molar-refractivity contribution in [1.82, 2.24) is 9.97 Å². The van der Waals surface area contributed by atoms with Crippen LogP contribution in [-0.2, 0) is 11.2 Å². The molecule has 0 spiro atoms. The summed E-state index contributed by atoms with van der Waals surface area (Å²) in [6.45, 7) is 3.17. The van der Waals surface area contributed by atoms with Crippen LogP contribution in [0, 0.1) is 11.7 Å². The number of hydrogen-bond donors (Lipinski definition) is 2. The van der Waals surface area contributed by atoms with Crippen LogP contribution in [0.4, 0.5) is 0 Å². The van der Waals surface area contributed by atoms with E-state index in [1.54, 1.807) is 6.92 Å². The first-order chi connectivity index (χ1) is 6.00. The Balaban J connectivity index is 3.29. The molecule has 0 aromatic carbocycles. The number of aryl methyl sites for hydroxylation is 1. The van der Waals surface area contributed by atoms with Gasteiger partial charge in [0.05, 0.1) is 0 Å². The minimum atomic E-state index is -0.281.